The number of primary amides is 1. The number of amides is 14. The van der Waals surface area contributed by atoms with Gasteiger partial charge >= 0.3 is 12.1 Å². The molecule has 0 spiro atoms. The fourth-order valence-corrected chi connectivity index (χ4v) is 16.8. The van der Waals surface area contributed by atoms with E-state index in [1.165, 1.54) is 53.7 Å². The molecule has 2 aliphatic rings. The second kappa shape index (κ2) is 51.8. The number of anilines is 2. The number of aliphatic hydroxyl groups excluding tert-OH is 1. The van der Waals surface area contributed by atoms with Crippen LogP contribution in [0.1, 0.15) is 146 Å². The first-order valence-corrected chi connectivity index (χ1v) is 44.5. The lowest BCUT2D eigenvalue weighted by Gasteiger charge is -2.41. The minimum absolute atomic E-state index is 0.0148. The molecule has 0 bridgehead atoms. The minimum Gasteiger partial charge on any atom is -0.475 e. The first-order chi connectivity index (χ1) is 61.1. The average Bonchev–Trinajstić information content (AvgIpc) is 1.62. The summed E-state index contributed by atoms with van der Waals surface area (Å²) in [5.74, 6) is -7.32. The second-order valence-corrected chi connectivity index (χ2v) is 34.5. The highest BCUT2D eigenvalue weighted by molar-refractivity contribution is 8.08. The van der Waals surface area contributed by atoms with E-state index in [0.29, 0.717) is 63.5 Å². The van der Waals surface area contributed by atoms with Gasteiger partial charge in [0.15, 0.2) is 0 Å². The third-order valence-electron chi connectivity index (χ3n) is 22.1. The third kappa shape index (κ3) is 30.0. The summed E-state index contributed by atoms with van der Waals surface area (Å²) in [6, 6.07) is 24.6. The van der Waals surface area contributed by atoms with Crippen LogP contribution in [0.5, 0.6) is 5.88 Å². The Labute approximate surface area is 757 Å². The molecular formula is C91H126N14O21S2. The SMILES string of the molecule is CCC(C)[C@@H]([C@@H](CC(=O)N1CCC[C@H]1[C@H](OC)[C@@H](C)C(=O)N[C@H](C)[C@@H](O)c1ccccc1)OC)N(C)C(=O)[C@@H](NC(=O)[C@H](C(C)C)N(C)C(=O)OCc1ccc(NC(=O)[C@H](CCCNC(N)=O)NC(=O)[C@@H](NC(=O)COCCOCCOCCOc2ccc(N3C(=O)C(Sc4ccc(C(=O)NC)cc4)=C(Sc4ccc(C(=O)NC)cc4)C3=O)cn2)C(C)C)cc1)C(C)C. The largest absolute Gasteiger partial charge is 0.475 e. The number of aliphatic hydroxyl groups is 1. The number of benzene rings is 4. The van der Waals surface area contributed by atoms with Gasteiger partial charge in [-0.2, -0.15) is 0 Å². The molecule has 5 aromatic rings. The summed E-state index contributed by atoms with van der Waals surface area (Å²) < 4.78 is 40.4. The Morgan fingerprint density at radius 3 is 1.73 bits per heavy atom. The number of aromatic nitrogens is 1. The highest BCUT2D eigenvalue weighted by Crippen LogP contribution is 2.44. The molecule has 1 aromatic heterocycles. The molecule has 698 valence electrons. The molecule has 12 atom stereocenters. The summed E-state index contributed by atoms with van der Waals surface area (Å²) in [4.78, 5) is 188. The van der Waals surface area contributed by atoms with Crippen molar-refractivity contribution >= 4 is 112 Å². The maximum Gasteiger partial charge on any atom is 0.410 e. The summed E-state index contributed by atoms with van der Waals surface area (Å²) in [5.41, 5.74) is 7.80. The molecule has 11 N–H and O–H groups in total. The molecule has 1 unspecified atom stereocenters. The van der Waals surface area contributed by atoms with Gasteiger partial charge in [0.25, 0.3) is 23.6 Å². The van der Waals surface area contributed by atoms with Crippen molar-refractivity contribution in [1.29, 1.82) is 0 Å². The number of pyridine rings is 1. The Morgan fingerprint density at radius 1 is 0.633 bits per heavy atom. The van der Waals surface area contributed by atoms with Crippen molar-refractivity contribution in [3.63, 3.8) is 0 Å². The van der Waals surface area contributed by atoms with Crippen LogP contribution < -0.4 is 57.9 Å². The number of ether oxygens (including phenoxy) is 7. The van der Waals surface area contributed by atoms with Crippen molar-refractivity contribution in [1.82, 2.24) is 56.9 Å². The molecular weight excluding hydrogens is 1690 g/mol. The molecule has 1 saturated heterocycles. The maximum atomic E-state index is 14.9. The van der Waals surface area contributed by atoms with E-state index in [2.05, 4.69) is 47.5 Å². The highest BCUT2D eigenvalue weighted by atomic mass is 32.2. The number of rotatable bonds is 51. The molecule has 37 heteroatoms. The molecule has 128 heavy (non-hydrogen) atoms. The first-order valence-electron chi connectivity index (χ1n) is 42.9. The Morgan fingerprint density at radius 2 is 1.21 bits per heavy atom. The average molecular weight is 1820 g/mol. The number of likely N-dealkylation sites (tertiary alicyclic amines) is 1. The number of nitrogens with two attached hydrogens (primary N) is 1. The number of nitrogens with one attached hydrogen (secondary N) is 8. The van der Waals surface area contributed by atoms with Crippen molar-refractivity contribution in [2.24, 2.45) is 35.3 Å². The van der Waals surface area contributed by atoms with E-state index in [-0.39, 0.29) is 123 Å². The van der Waals surface area contributed by atoms with Crippen LogP contribution in [0, 0.1) is 29.6 Å². The zero-order valence-corrected chi connectivity index (χ0v) is 77.4. The van der Waals surface area contributed by atoms with Crippen LogP contribution in [0.4, 0.5) is 21.0 Å². The van der Waals surface area contributed by atoms with E-state index in [1.54, 1.807) is 157 Å². The molecule has 1 fully saturated rings. The van der Waals surface area contributed by atoms with Gasteiger partial charge in [-0.15, -0.1) is 0 Å². The second-order valence-electron chi connectivity index (χ2n) is 32.3. The zero-order chi connectivity index (χ0) is 94.0. The van der Waals surface area contributed by atoms with E-state index in [9.17, 15) is 67.4 Å². The van der Waals surface area contributed by atoms with Crippen LogP contribution >= 0.6 is 23.5 Å². The molecule has 14 amide bonds. The summed E-state index contributed by atoms with van der Waals surface area (Å²) >= 11 is 2.16. The van der Waals surface area contributed by atoms with Crippen molar-refractivity contribution in [2.45, 2.75) is 185 Å². The van der Waals surface area contributed by atoms with Gasteiger partial charge in [0.1, 0.15) is 44.0 Å². The molecule has 4 aromatic carbocycles. The number of likely N-dealkylation sites (N-methyl/N-ethyl adjacent to an activating group) is 2. The van der Waals surface area contributed by atoms with Gasteiger partial charge in [-0.1, -0.05) is 135 Å². The van der Waals surface area contributed by atoms with Crippen LogP contribution in [0.3, 0.4) is 0 Å². The number of carbonyl (C=O) groups excluding carboxylic acids is 13. The van der Waals surface area contributed by atoms with Crippen LogP contribution in [0.15, 0.2) is 141 Å². The van der Waals surface area contributed by atoms with Gasteiger partial charge in [0.2, 0.25) is 47.2 Å². The van der Waals surface area contributed by atoms with Gasteiger partial charge < -0.3 is 96.3 Å². The lowest BCUT2D eigenvalue weighted by molar-refractivity contribution is -0.148. The predicted octanol–water partition coefficient (Wildman–Crippen LogP) is 7.50. The molecule has 0 aliphatic carbocycles. The van der Waals surface area contributed by atoms with Crippen LogP contribution in [-0.4, -0.2) is 258 Å². The predicted molar refractivity (Wildman–Crippen MR) is 482 cm³/mol. The standard InChI is InChI=1S/C91H126N14O21S2/c1-17-56(8)76(69(120-15)49-72(107)104-42-22-26-68(104)78(121-16)57(9)81(109)97-58(10)77(108)60-23-19-18-20-24-60)102(13)87(115)74(54(4)5)101-86(114)75(55(6)7)103(14)91(119)126-51-59-27-33-63(34-28-59)98-84(112)67(25-21-41-95-90(92)118)99-85(113)73(53(2)3)100-70(106)52-124-46-45-122-43-44-123-47-48-125-71-40-35-64(50-96-71)105-88(116)79(127-65-36-29-61(30-37-65)82(110)93-11)80(89(105)117)128-66-38-31-62(32-39-66)83(111)94-12/h18-20,23-24,27-40,50,53-58,67-69,73-78,108H,17,21-22,25-26,41-49,51-52H2,1-16H3,(H,93,110)(H,94,111)(H,97,109)(H,98,112)(H,99,113)(H,100,106)(H,101,114)(H3,92,95,118)/t56?,57-,58-,67+,68+,69-,73+,74+,75+,76+,77-,78-/m1/s1. The molecule has 3 heterocycles. The smallest absolute Gasteiger partial charge is 0.410 e. The fourth-order valence-electron chi connectivity index (χ4n) is 14.8. The lowest BCUT2D eigenvalue weighted by Crippen LogP contribution is -2.60. The van der Waals surface area contributed by atoms with Crippen LogP contribution in [0.2, 0.25) is 0 Å². The van der Waals surface area contributed by atoms with E-state index < -0.39 is 144 Å². The minimum atomic E-state index is -1.17. The Balaban J connectivity index is 0.836. The van der Waals surface area contributed by atoms with Crippen molar-refractivity contribution in [3.8, 4) is 5.88 Å². The third-order valence-corrected chi connectivity index (χ3v) is 24.4. The van der Waals surface area contributed by atoms with E-state index in [4.69, 9.17) is 38.9 Å². The number of imide groups is 1. The molecule has 0 saturated carbocycles. The van der Waals surface area contributed by atoms with E-state index in [1.807, 2.05) is 32.0 Å². The van der Waals surface area contributed by atoms with E-state index >= 15 is 0 Å². The van der Waals surface area contributed by atoms with E-state index in [0.717, 1.165) is 33.3 Å². The monoisotopic (exact) mass is 1810 g/mol. The highest BCUT2D eigenvalue weighted by Gasteiger charge is 2.46. The number of hydrogen-bond donors (Lipinski definition) is 10. The molecule has 2 aliphatic heterocycles. The number of carbonyl (C=O) groups is 13. The van der Waals surface area contributed by atoms with Crippen molar-refractivity contribution < 1.29 is 101 Å². The molecule has 7 rings (SSSR count). The zero-order valence-electron chi connectivity index (χ0n) is 75.8. The molecule has 35 nitrogen and oxygen atoms in total. The number of urea groups is 1. The van der Waals surface area contributed by atoms with Crippen LogP contribution in [0.25, 0.3) is 0 Å². The van der Waals surface area contributed by atoms with Crippen molar-refractivity contribution in [3.05, 3.63) is 154 Å². The van der Waals surface area contributed by atoms with Gasteiger partial charge in [-0.05, 0) is 134 Å². The number of hydrogen-bond acceptors (Lipinski definition) is 24. The fraction of sp³-hybridized carbons (Fsp3) is 0.516. The van der Waals surface area contributed by atoms with Gasteiger partial charge in [0, 0.05) is 88.2 Å². The quantitative estimate of drug-likeness (QED) is 0.0133. The summed E-state index contributed by atoms with van der Waals surface area (Å²) in [5, 5.41) is 32.7. The summed E-state index contributed by atoms with van der Waals surface area (Å²) in [6.45, 7) is 18.4. The number of thioether (sulfide) groups is 2. The van der Waals surface area contributed by atoms with Gasteiger partial charge in [0.05, 0.1) is 104 Å². The van der Waals surface area contributed by atoms with Gasteiger partial charge in [-0.25, -0.2) is 19.5 Å². The Hall–Kier alpha value is -11.1. The summed E-state index contributed by atoms with van der Waals surface area (Å²) in [7, 11) is 9.09. The van der Waals surface area contributed by atoms with Crippen LogP contribution in [-0.2, 0) is 78.2 Å². The lowest BCUT2D eigenvalue weighted by atomic mass is 9.89. The normalized spacial score (nSPS) is 15.9. The van der Waals surface area contributed by atoms with Gasteiger partial charge in [-0.3, -0.25) is 57.6 Å². The molecule has 0 radical (unpaired) electrons. The van der Waals surface area contributed by atoms with Crippen molar-refractivity contribution in [2.75, 3.05) is 112 Å². The topological polar surface area (TPSA) is 455 Å². The maximum absolute atomic E-state index is 14.9. The number of methoxy groups -OCH3 is 2. The Bertz CT molecular complexity index is 4490. The summed E-state index contributed by atoms with van der Waals surface area (Å²) in [6.07, 6.45) is 0.0743. The first kappa shape index (κ1) is 104. The Kier molecular flexibility index (Phi) is 42.1. The number of nitrogens with zero attached hydrogens (tertiary/aromatic N) is 5.